The minimum Gasteiger partial charge on any atom is -0.425 e. The second-order valence-corrected chi connectivity index (χ2v) is 13.9. The number of ether oxygens (including phenoxy) is 1. The third-order valence-corrected chi connectivity index (χ3v) is 10.5. The lowest BCUT2D eigenvalue weighted by Gasteiger charge is -2.35. The van der Waals surface area contributed by atoms with Crippen molar-refractivity contribution in [2.75, 3.05) is 55.6 Å². The Hall–Kier alpha value is -2.88. The van der Waals surface area contributed by atoms with Gasteiger partial charge in [-0.2, -0.15) is 4.37 Å². The van der Waals surface area contributed by atoms with Crippen LogP contribution in [-0.4, -0.2) is 78.2 Å². The smallest absolute Gasteiger partial charge is 0.411 e. The fraction of sp³-hybridized carbons (Fsp3) is 0.583. The molecule has 0 radical (unpaired) electrons. The first-order valence-electron chi connectivity index (χ1n) is 17.3. The van der Waals surface area contributed by atoms with Crippen molar-refractivity contribution < 1.29 is 14.3 Å². The van der Waals surface area contributed by atoms with Crippen molar-refractivity contribution in [2.45, 2.75) is 91.2 Å². The molecule has 5 rings (SSSR count). The quantitative estimate of drug-likeness (QED) is 0.144. The van der Waals surface area contributed by atoms with Gasteiger partial charge in [-0.05, 0) is 67.0 Å². The molecule has 1 aromatic heterocycles. The number of fused-ring (bicyclic) bond motifs is 2. The summed E-state index contributed by atoms with van der Waals surface area (Å²) in [5.74, 6) is 1.04. The summed E-state index contributed by atoms with van der Waals surface area (Å²) in [6.45, 7) is 12.3. The lowest BCUT2D eigenvalue weighted by molar-refractivity contribution is -0.119. The maximum absolute atomic E-state index is 13.3. The third-order valence-electron chi connectivity index (χ3n) is 9.30. The fourth-order valence-electron chi connectivity index (χ4n) is 6.59. The van der Waals surface area contributed by atoms with Gasteiger partial charge in [-0.25, -0.2) is 4.79 Å². The highest BCUT2D eigenvalue weighted by atomic mass is 35.5. The molecule has 0 spiro atoms. The number of nitrogens with zero attached hydrogens (tertiary/aromatic N) is 5. The molecule has 0 aliphatic carbocycles. The van der Waals surface area contributed by atoms with Crippen molar-refractivity contribution in [1.29, 1.82) is 0 Å². The molecule has 1 fully saturated rings. The molecule has 1 unspecified atom stereocenters. The molecule has 8 nitrogen and oxygen atoms in total. The highest BCUT2D eigenvalue weighted by molar-refractivity contribution is 7.13. The Morgan fingerprint density at radius 3 is 2.39 bits per heavy atom. The number of unbranched alkanes of at least 4 members (excludes halogenated alkanes) is 6. The Morgan fingerprint density at radius 2 is 1.70 bits per heavy atom. The van der Waals surface area contributed by atoms with Crippen LogP contribution in [-0.2, 0) is 22.4 Å². The molecule has 2 aromatic carbocycles. The molecule has 250 valence electrons. The van der Waals surface area contributed by atoms with E-state index >= 15 is 0 Å². The van der Waals surface area contributed by atoms with Gasteiger partial charge < -0.3 is 14.5 Å². The Bertz CT molecular complexity index is 1440. The minimum atomic E-state index is -0.705. The van der Waals surface area contributed by atoms with Gasteiger partial charge in [0.15, 0.2) is 6.23 Å². The second-order valence-electron chi connectivity index (χ2n) is 12.7. The van der Waals surface area contributed by atoms with Crippen LogP contribution in [0.15, 0.2) is 36.4 Å². The molecule has 3 heterocycles. The van der Waals surface area contributed by atoms with Gasteiger partial charge in [0.1, 0.15) is 5.82 Å². The van der Waals surface area contributed by atoms with Crippen molar-refractivity contribution in [3.63, 3.8) is 0 Å². The van der Waals surface area contributed by atoms with Crippen LogP contribution < -0.4 is 9.80 Å². The molecule has 0 saturated carbocycles. The summed E-state index contributed by atoms with van der Waals surface area (Å²) < 4.78 is 11.9. The number of rotatable bonds is 16. The van der Waals surface area contributed by atoms with E-state index in [4.69, 9.17) is 20.7 Å². The number of halogens is 1. The van der Waals surface area contributed by atoms with Crippen LogP contribution in [0.2, 0.25) is 5.02 Å². The summed E-state index contributed by atoms with van der Waals surface area (Å²) in [4.78, 5) is 34.8. The van der Waals surface area contributed by atoms with E-state index in [0.29, 0.717) is 24.5 Å². The first kappa shape index (κ1) is 34.5. The monoisotopic (exact) mass is 667 g/mol. The number of piperazine rings is 1. The van der Waals surface area contributed by atoms with E-state index in [2.05, 4.69) is 54.0 Å². The van der Waals surface area contributed by atoms with Crippen LogP contribution in [0.3, 0.4) is 0 Å². The van der Waals surface area contributed by atoms with E-state index in [-0.39, 0.29) is 12.0 Å². The Kier molecular flexibility index (Phi) is 12.6. The molecule has 2 amide bonds. The first-order chi connectivity index (χ1) is 22.4. The average Bonchev–Trinajstić information content (AvgIpc) is 3.63. The van der Waals surface area contributed by atoms with Crippen LogP contribution in [0, 0.1) is 0 Å². The summed E-state index contributed by atoms with van der Waals surface area (Å²) in [5.41, 5.74) is 2.75. The Labute approximate surface area is 283 Å². The molecule has 2 aliphatic heterocycles. The zero-order valence-electron chi connectivity index (χ0n) is 27.8. The van der Waals surface area contributed by atoms with Gasteiger partial charge in [-0.15, -0.1) is 0 Å². The highest BCUT2D eigenvalue weighted by Crippen LogP contribution is 2.36. The normalized spacial score (nSPS) is 15.9. The van der Waals surface area contributed by atoms with Crippen LogP contribution in [0.4, 0.5) is 16.3 Å². The van der Waals surface area contributed by atoms with Crippen LogP contribution in [0.1, 0.15) is 83.3 Å². The van der Waals surface area contributed by atoms with E-state index in [1.165, 1.54) is 22.9 Å². The number of carbonyl (C=O) groups excluding carboxylic acids is 2. The van der Waals surface area contributed by atoms with Gasteiger partial charge in [0.25, 0.3) is 0 Å². The molecule has 0 N–H and O–H groups in total. The highest BCUT2D eigenvalue weighted by Gasteiger charge is 2.34. The zero-order valence-corrected chi connectivity index (χ0v) is 29.4. The largest absolute Gasteiger partial charge is 0.425 e. The van der Waals surface area contributed by atoms with E-state index in [1.54, 1.807) is 23.4 Å². The summed E-state index contributed by atoms with van der Waals surface area (Å²) in [6.07, 6.45) is 8.83. The van der Waals surface area contributed by atoms with Gasteiger partial charge >= 0.3 is 6.09 Å². The van der Waals surface area contributed by atoms with E-state index in [0.717, 1.165) is 100 Å². The van der Waals surface area contributed by atoms with Crippen LogP contribution >= 0.6 is 23.1 Å². The molecular weight excluding hydrogens is 618 g/mol. The SMILES string of the molecule is CCCCCCN(CCCCCC)C(=O)OC(C)N1C(=O)Cc2cc(CCN3CCN(c4nsc5ccccc45)CC3)c(Cl)cc21. The molecule has 10 heteroatoms. The molecular formula is C36H50ClN5O3S. The number of hydrogen-bond acceptors (Lipinski definition) is 7. The van der Waals surface area contributed by atoms with Crippen LogP contribution in [0.5, 0.6) is 0 Å². The van der Waals surface area contributed by atoms with Crippen molar-refractivity contribution >= 4 is 56.7 Å². The average molecular weight is 668 g/mol. The maximum atomic E-state index is 13.3. The molecule has 3 aromatic rings. The van der Waals surface area contributed by atoms with Gasteiger partial charge in [-0.1, -0.05) is 82.2 Å². The zero-order chi connectivity index (χ0) is 32.5. The summed E-state index contributed by atoms with van der Waals surface area (Å²) in [5, 5.41) is 1.89. The molecule has 0 bridgehead atoms. The summed E-state index contributed by atoms with van der Waals surface area (Å²) >= 11 is 8.39. The van der Waals surface area contributed by atoms with E-state index < -0.39 is 6.23 Å². The van der Waals surface area contributed by atoms with Crippen molar-refractivity contribution in [1.82, 2.24) is 14.2 Å². The lowest BCUT2D eigenvalue weighted by atomic mass is 10.1. The topological polar surface area (TPSA) is 69.2 Å². The minimum absolute atomic E-state index is 0.0633. The molecule has 1 atom stereocenters. The summed E-state index contributed by atoms with van der Waals surface area (Å²) in [6, 6.07) is 12.4. The lowest BCUT2D eigenvalue weighted by Crippen LogP contribution is -2.47. The van der Waals surface area contributed by atoms with Crippen molar-refractivity contribution in [3.05, 3.63) is 52.5 Å². The van der Waals surface area contributed by atoms with E-state index in [9.17, 15) is 9.59 Å². The second kappa shape index (κ2) is 16.8. The predicted octanol–water partition coefficient (Wildman–Crippen LogP) is 8.15. The maximum Gasteiger partial charge on any atom is 0.411 e. The molecule has 46 heavy (non-hydrogen) atoms. The number of benzene rings is 2. The number of hydrogen-bond donors (Lipinski definition) is 0. The van der Waals surface area contributed by atoms with E-state index in [1.807, 2.05) is 11.0 Å². The van der Waals surface area contributed by atoms with Gasteiger partial charge in [-0.3, -0.25) is 14.6 Å². The number of aromatic nitrogens is 1. The Morgan fingerprint density at radius 1 is 1.00 bits per heavy atom. The van der Waals surface area contributed by atoms with Gasteiger partial charge in [0.05, 0.1) is 16.8 Å². The first-order valence-corrected chi connectivity index (χ1v) is 18.4. The van der Waals surface area contributed by atoms with Gasteiger partial charge in [0, 0.05) is 56.2 Å². The fourth-order valence-corrected chi connectivity index (χ4v) is 7.63. The molecule has 1 saturated heterocycles. The van der Waals surface area contributed by atoms with Crippen molar-refractivity contribution in [3.8, 4) is 0 Å². The number of carbonyl (C=O) groups is 2. The number of anilines is 2. The molecule has 2 aliphatic rings. The predicted molar refractivity (Wildman–Crippen MR) is 190 cm³/mol. The summed E-state index contributed by atoms with van der Waals surface area (Å²) in [7, 11) is 0. The van der Waals surface area contributed by atoms with Crippen LogP contribution in [0.25, 0.3) is 10.1 Å². The number of amides is 2. The van der Waals surface area contributed by atoms with Gasteiger partial charge in [0.2, 0.25) is 5.91 Å². The van der Waals surface area contributed by atoms with Crippen molar-refractivity contribution in [2.24, 2.45) is 0 Å². The standard InChI is InChI=1S/C36H50ClN5O3S/c1-4-6-8-12-17-41(18-13-9-7-5-2)36(44)45-27(3)42-32-26-31(37)28(24-29(32)25-34(42)43)16-19-39-20-22-40(23-21-39)35-30-14-10-11-15-33(30)46-38-35/h10-11,14-15,24,26-27H,4-9,12-13,16-23,25H2,1-3H3. The third kappa shape index (κ3) is 8.52. The Balaban J connectivity index is 1.15.